The summed E-state index contributed by atoms with van der Waals surface area (Å²) in [6.45, 7) is 4.52. The van der Waals surface area contributed by atoms with Gasteiger partial charge in [-0.3, -0.25) is 0 Å². The fourth-order valence-corrected chi connectivity index (χ4v) is 1.96. The van der Waals surface area contributed by atoms with E-state index in [9.17, 15) is 0 Å². The Morgan fingerprint density at radius 2 is 2.40 bits per heavy atom. The molecule has 2 heterocycles. The molecule has 4 nitrogen and oxygen atoms in total. The second-order valence-corrected chi connectivity index (χ2v) is 3.64. The van der Waals surface area contributed by atoms with Crippen molar-refractivity contribution in [2.24, 2.45) is 0 Å². The predicted molar refractivity (Wildman–Crippen MR) is 56.3 cm³/mol. The number of allylic oxidation sites excluding steroid dienone is 1. The molecular formula is C11H10N4. The van der Waals surface area contributed by atoms with Crippen LogP contribution in [0.5, 0.6) is 0 Å². The summed E-state index contributed by atoms with van der Waals surface area (Å²) in [6.07, 6.45) is 2.82. The van der Waals surface area contributed by atoms with Crippen LogP contribution in [0, 0.1) is 0 Å². The molecule has 0 atom stereocenters. The largest absolute Gasteiger partial charge is 0.221 e. The summed E-state index contributed by atoms with van der Waals surface area (Å²) in [6, 6.07) is 6.38. The lowest BCUT2D eigenvalue weighted by Crippen LogP contribution is -1.95. The molecular weight excluding hydrogens is 188 g/mol. The summed E-state index contributed by atoms with van der Waals surface area (Å²) >= 11 is 0. The summed E-state index contributed by atoms with van der Waals surface area (Å²) in [5.41, 5.74) is 3.70. The molecule has 0 bridgehead atoms. The van der Waals surface area contributed by atoms with E-state index in [0.717, 1.165) is 24.4 Å². The molecule has 0 aliphatic carbocycles. The van der Waals surface area contributed by atoms with Gasteiger partial charge in [0, 0.05) is 5.56 Å². The standard InChI is InChI=1S/C11H10N4/c1-2-3-8-4-5-10-9(6-8)7-15-11(10)12-13-14-15/h2,4-6H,1,3,7H2. The minimum atomic E-state index is 0.780. The SMILES string of the molecule is C=CCc1ccc2c(c1)Cn1nnnc1-2. The zero-order valence-electron chi connectivity index (χ0n) is 8.22. The normalized spacial score (nSPS) is 12.3. The maximum atomic E-state index is 4.00. The minimum Gasteiger partial charge on any atom is -0.221 e. The molecule has 0 radical (unpaired) electrons. The van der Waals surface area contributed by atoms with E-state index in [1.165, 1.54) is 11.1 Å². The van der Waals surface area contributed by atoms with Gasteiger partial charge < -0.3 is 0 Å². The topological polar surface area (TPSA) is 43.6 Å². The predicted octanol–water partition coefficient (Wildman–Crippen LogP) is 1.43. The van der Waals surface area contributed by atoms with Crippen LogP contribution < -0.4 is 0 Å². The average molecular weight is 198 g/mol. The van der Waals surface area contributed by atoms with Crippen LogP contribution in [0.1, 0.15) is 11.1 Å². The van der Waals surface area contributed by atoms with E-state index in [4.69, 9.17) is 0 Å². The monoisotopic (exact) mass is 198 g/mol. The Bertz CT molecular complexity index is 527. The molecule has 1 aromatic carbocycles. The zero-order valence-corrected chi connectivity index (χ0v) is 8.22. The third-order valence-electron chi connectivity index (χ3n) is 2.64. The Morgan fingerprint density at radius 1 is 1.47 bits per heavy atom. The molecule has 4 heteroatoms. The average Bonchev–Trinajstić information content (AvgIpc) is 2.77. The van der Waals surface area contributed by atoms with Gasteiger partial charge in [-0.1, -0.05) is 24.3 Å². The molecule has 1 aliphatic heterocycles. The van der Waals surface area contributed by atoms with Crippen molar-refractivity contribution in [1.29, 1.82) is 0 Å². The lowest BCUT2D eigenvalue weighted by Gasteiger charge is -2.00. The smallest absolute Gasteiger partial charge is 0.182 e. The van der Waals surface area contributed by atoms with Crippen LogP contribution >= 0.6 is 0 Å². The van der Waals surface area contributed by atoms with Gasteiger partial charge in [-0.05, 0) is 28.0 Å². The van der Waals surface area contributed by atoms with E-state index in [0.29, 0.717) is 0 Å². The molecule has 0 unspecified atom stereocenters. The Labute approximate surface area is 87.2 Å². The van der Waals surface area contributed by atoms with E-state index in [1.807, 2.05) is 10.8 Å². The van der Waals surface area contributed by atoms with Gasteiger partial charge in [0.25, 0.3) is 0 Å². The third kappa shape index (κ3) is 1.18. The van der Waals surface area contributed by atoms with Crippen LogP contribution in [0.25, 0.3) is 11.4 Å². The van der Waals surface area contributed by atoms with Crippen LogP contribution in [-0.2, 0) is 13.0 Å². The highest BCUT2D eigenvalue weighted by atomic mass is 15.5. The zero-order chi connectivity index (χ0) is 10.3. The Kier molecular flexibility index (Phi) is 1.68. The Balaban J connectivity index is 2.09. The van der Waals surface area contributed by atoms with Crippen LogP contribution in [0.2, 0.25) is 0 Å². The van der Waals surface area contributed by atoms with Crippen molar-refractivity contribution in [3.63, 3.8) is 0 Å². The first kappa shape index (κ1) is 8.35. The lowest BCUT2D eigenvalue weighted by molar-refractivity contribution is 0.670. The van der Waals surface area contributed by atoms with Crippen molar-refractivity contribution in [3.8, 4) is 11.4 Å². The van der Waals surface area contributed by atoms with Gasteiger partial charge in [0.05, 0.1) is 6.54 Å². The number of hydrogen-bond donors (Lipinski definition) is 0. The van der Waals surface area contributed by atoms with Crippen molar-refractivity contribution in [1.82, 2.24) is 20.2 Å². The van der Waals surface area contributed by atoms with Crippen molar-refractivity contribution in [2.75, 3.05) is 0 Å². The quantitative estimate of drug-likeness (QED) is 0.585. The Hall–Kier alpha value is -1.97. The fourth-order valence-electron chi connectivity index (χ4n) is 1.96. The number of tetrazole rings is 1. The van der Waals surface area contributed by atoms with Gasteiger partial charge in [0.2, 0.25) is 0 Å². The molecule has 0 spiro atoms. The van der Waals surface area contributed by atoms with Gasteiger partial charge in [-0.25, -0.2) is 4.68 Å². The lowest BCUT2D eigenvalue weighted by atomic mass is 10.0. The molecule has 1 aromatic heterocycles. The second kappa shape index (κ2) is 3.02. The van der Waals surface area contributed by atoms with E-state index >= 15 is 0 Å². The maximum Gasteiger partial charge on any atom is 0.182 e. The summed E-state index contributed by atoms with van der Waals surface area (Å²) in [4.78, 5) is 0. The molecule has 2 aromatic rings. The second-order valence-electron chi connectivity index (χ2n) is 3.64. The van der Waals surface area contributed by atoms with E-state index < -0.39 is 0 Å². The number of hydrogen-bond acceptors (Lipinski definition) is 3. The molecule has 0 amide bonds. The van der Waals surface area contributed by atoms with Crippen molar-refractivity contribution in [2.45, 2.75) is 13.0 Å². The fraction of sp³-hybridized carbons (Fsp3) is 0.182. The molecule has 0 fully saturated rings. The van der Waals surface area contributed by atoms with E-state index in [2.05, 4.69) is 40.3 Å². The van der Waals surface area contributed by atoms with Crippen molar-refractivity contribution in [3.05, 3.63) is 42.0 Å². The highest BCUT2D eigenvalue weighted by Gasteiger charge is 2.20. The van der Waals surface area contributed by atoms with Crippen molar-refractivity contribution < 1.29 is 0 Å². The number of benzene rings is 1. The number of aromatic nitrogens is 4. The molecule has 1 aliphatic rings. The van der Waals surface area contributed by atoms with Gasteiger partial charge in [-0.2, -0.15) is 0 Å². The van der Waals surface area contributed by atoms with Crippen LogP contribution in [0.15, 0.2) is 30.9 Å². The summed E-state index contributed by atoms with van der Waals surface area (Å²) in [5, 5.41) is 11.6. The first-order chi connectivity index (χ1) is 7.38. The first-order valence-corrected chi connectivity index (χ1v) is 4.88. The number of rotatable bonds is 2. The van der Waals surface area contributed by atoms with Gasteiger partial charge >= 0.3 is 0 Å². The van der Waals surface area contributed by atoms with Gasteiger partial charge in [0.1, 0.15) is 0 Å². The van der Waals surface area contributed by atoms with Crippen LogP contribution in [0.3, 0.4) is 0 Å². The molecule has 0 saturated heterocycles. The first-order valence-electron chi connectivity index (χ1n) is 4.88. The summed E-state index contributed by atoms with van der Waals surface area (Å²) < 4.78 is 1.82. The molecule has 74 valence electrons. The number of fused-ring (bicyclic) bond motifs is 3. The maximum absolute atomic E-state index is 4.00. The van der Waals surface area contributed by atoms with Gasteiger partial charge in [-0.15, -0.1) is 11.7 Å². The van der Waals surface area contributed by atoms with Crippen LogP contribution in [0.4, 0.5) is 0 Å². The molecule has 0 N–H and O–H groups in total. The molecule has 0 saturated carbocycles. The van der Waals surface area contributed by atoms with E-state index in [-0.39, 0.29) is 0 Å². The Morgan fingerprint density at radius 3 is 3.27 bits per heavy atom. The van der Waals surface area contributed by atoms with Crippen LogP contribution in [-0.4, -0.2) is 20.2 Å². The molecule has 15 heavy (non-hydrogen) atoms. The highest BCUT2D eigenvalue weighted by molar-refractivity contribution is 5.64. The number of nitrogens with zero attached hydrogens (tertiary/aromatic N) is 4. The van der Waals surface area contributed by atoms with Gasteiger partial charge in [0.15, 0.2) is 5.82 Å². The minimum absolute atomic E-state index is 0.780. The molecule has 3 rings (SSSR count). The summed E-state index contributed by atoms with van der Waals surface area (Å²) in [7, 11) is 0. The highest BCUT2D eigenvalue weighted by Crippen LogP contribution is 2.29. The third-order valence-corrected chi connectivity index (χ3v) is 2.64. The summed E-state index contributed by atoms with van der Waals surface area (Å²) in [5.74, 6) is 0.871. The van der Waals surface area contributed by atoms with Crippen molar-refractivity contribution >= 4 is 0 Å². The van der Waals surface area contributed by atoms with E-state index in [1.54, 1.807) is 0 Å².